The number of hydrogen-bond acceptors (Lipinski definition) is 3. The molecule has 2 aromatic rings. The Labute approximate surface area is 118 Å². The lowest BCUT2D eigenvalue weighted by molar-refractivity contribution is 0.176. The fraction of sp³-hybridized carbons (Fsp3) is 0.400. The van der Waals surface area contributed by atoms with Crippen LogP contribution in [0.15, 0.2) is 29.1 Å². The van der Waals surface area contributed by atoms with Crippen molar-refractivity contribution >= 4 is 5.69 Å². The first-order chi connectivity index (χ1) is 9.60. The zero-order chi connectivity index (χ0) is 14.7. The van der Waals surface area contributed by atoms with E-state index in [2.05, 4.69) is 6.92 Å². The van der Waals surface area contributed by atoms with Gasteiger partial charge in [0.2, 0.25) is 0 Å². The van der Waals surface area contributed by atoms with Crippen LogP contribution in [0.2, 0.25) is 0 Å². The van der Waals surface area contributed by atoms with Gasteiger partial charge in [-0.2, -0.15) is 0 Å². The molecule has 0 aliphatic carbocycles. The van der Waals surface area contributed by atoms with E-state index < -0.39 is 0 Å². The summed E-state index contributed by atoms with van der Waals surface area (Å²) < 4.78 is 8.72. The normalized spacial score (nSPS) is 10.9. The van der Waals surface area contributed by atoms with Gasteiger partial charge in [0.25, 0.3) is 5.56 Å². The van der Waals surface area contributed by atoms with Crippen molar-refractivity contribution in [2.75, 3.05) is 12.8 Å². The van der Waals surface area contributed by atoms with Crippen LogP contribution < -0.4 is 11.3 Å². The Balaban J connectivity index is 2.68. The zero-order valence-electron chi connectivity index (χ0n) is 12.2. The van der Waals surface area contributed by atoms with Gasteiger partial charge in [-0.3, -0.25) is 9.48 Å². The number of ether oxygens (including phenoxy) is 1. The van der Waals surface area contributed by atoms with E-state index in [0.29, 0.717) is 6.61 Å². The van der Waals surface area contributed by atoms with E-state index in [-0.39, 0.29) is 11.2 Å². The number of rotatable bonds is 5. The minimum atomic E-state index is -0.184. The molecule has 0 spiro atoms. The molecule has 0 atom stereocenters. The van der Waals surface area contributed by atoms with Gasteiger partial charge >= 0.3 is 0 Å². The molecule has 0 unspecified atom stereocenters. The molecular weight excluding hydrogens is 254 g/mol. The van der Waals surface area contributed by atoms with Crippen LogP contribution in [0.1, 0.15) is 24.6 Å². The third kappa shape index (κ3) is 2.49. The smallest absolute Gasteiger partial charge is 0.294 e. The van der Waals surface area contributed by atoms with E-state index in [4.69, 9.17) is 10.5 Å². The standard InChI is InChI=1S/C15H21N3O2/c1-4-8-17-13(10-20-3)14(16)15(19)18(17)12-7-5-6-11(2)9-12/h5-7,9H,4,8,10,16H2,1-3H3. The van der Waals surface area contributed by atoms with E-state index in [0.717, 1.165) is 29.9 Å². The fourth-order valence-corrected chi connectivity index (χ4v) is 2.36. The Morgan fingerprint density at radius 1 is 1.35 bits per heavy atom. The third-order valence-electron chi connectivity index (χ3n) is 3.25. The SMILES string of the molecule is CCCn1c(COC)c(N)c(=O)n1-c1cccc(C)c1. The Morgan fingerprint density at radius 3 is 2.70 bits per heavy atom. The average Bonchev–Trinajstić information content (AvgIpc) is 2.65. The summed E-state index contributed by atoms with van der Waals surface area (Å²) in [6.07, 6.45) is 0.913. The first kappa shape index (κ1) is 14.4. The number of hydrogen-bond donors (Lipinski definition) is 1. The molecular formula is C15H21N3O2. The van der Waals surface area contributed by atoms with Gasteiger partial charge in [0.1, 0.15) is 5.69 Å². The second kappa shape index (κ2) is 5.96. The summed E-state index contributed by atoms with van der Waals surface area (Å²) in [5.74, 6) is 0. The number of benzene rings is 1. The number of aromatic nitrogens is 2. The van der Waals surface area contributed by atoms with Crippen molar-refractivity contribution in [2.24, 2.45) is 0 Å². The minimum Gasteiger partial charge on any atom is -0.393 e. The van der Waals surface area contributed by atoms with Gasteiger partial charge in [-0.1, -0.05) is 19.1 Å². The van der Waals surface area contributed by atoms with E-state index in [1.165, 1.54) is 0 Å². The van der Waals surface area contributed by atoms with Crippen molar-refractivity contribution in [1.29, 1.82) is 0 Å². The molecule has 0 fully saturated rings. The fourth-order valence-electron chi connectivity index (χ4n) is 2.36. The van der Waals surface area contributed by atoms with Crippen molar-refractivity contribution in [3.05, 3.63) is 45.9 Å². The number of nitrogens with two attached hydrogens (primary N) is 1. The van der Waals surface area contributed by atoms with E-state index in [1.807, 2.05) is 35.9 Å². The molecule has 0 saturated carbocycles. The Bertz CT molecular complexity index is 656. The van der Waals surface area contributed by atoms with Crippen molar-refractivity contribution < 1.29 is 4.74 Å². The van der Waals surface area contributed by atoms with Crippen molar-refractivity contribution in [1.82, 2.24) is 9.36 Å². The monoisotopic (exact) mass is 275 g/mol. The summed E-state index contributed by atoms with van der Waals surface area (Å²) in [6.45, 7) is 5.12. The number of nitrogen functional groups attached to an aromatic ring is 1. The maximum atomic E-state index is 12.4. The molecule has 0 amide bonds. The highest BCUT2D eigenvalue weighted by Crippen LogP contribution is 2.16. The van der Waals surface area contributed by atoms with Crippen LogP contribution in [0.4, 0.5) is 5.69 Å². The van der Waals surface area contributed by atoms with Crippen LogP contribution in [0.5, 0.6) is 0 Å². The maximum Gasteiger partial charge on any atom is 0.294 e. The Hall–Kier alpha value is -2.01. The van der Waals surface area contributed by atoms with Crippen LogP contribution in [0, 0.1) is 6.92 Å². The summed E-state index contributed by atoms with van der Waals surface area (Å²) in [6, 6.07) is 7.83. The van der Waals surface area contributed by atoms with Crippen LogP contribution in [0.3, 0.4) is 0 Å². The van der Waals surface area contributed by atoms with Gasteiger partial charge in [-0.25, -0.2) is 4.68 Å². The molecule has 108 valence electrons. The molecule has 2 rings (SSSR count). The first-order valence-corrected chi connectivity index (χ1v) is 6.76. The van der Waals surface area contributed by atoms with Crippen molar-refractivity contribution in [2.45, 2.75) is 33.4 Å². The van der Waals surface area contributed by atoms with Gasteiger partial charge < -0.3 is 10.5 Å². The first-order valence-electron chi connectivity index (χ1n) is 6.76. The number of nitrogens with zero attached hydrogens (tertiary/aromatic N) is 2. The molecule has 0 saturated heterocycles. The highest BCUT2D eigenvalue weighted by atomic mass is 16.5. The Kier molecular flexibility index (Phi) is 4.29. The van der Waals surface area contributed by atoms with E-state index in [1.54, 1.807) is 11.8 Å². The van der Waals surface area contributed by atoms with Crippen LogP contribution in [0.25, 0.3) is 5.69 Å². The summed E-state index contributed by atoms with van der Waals surface area (Å²) in [5, 5.41) is 0. The lowest BCUT2D eigenvalue weighted by Crippen LogP contribution is -2.22. The molecule has 0 aliphatic rings. The topological polar surface area (TPSA) is 62.2 Å². The lowest BCUT2D eigenvalue weighted by atomic mass is 10.2. The highest BCUT2D eigenvalue weighted by molar-refractivity contribution is 5.46. The summed E-state index contributed by atoms with van der Waals surface area (Å²) in [7, 11) is 1.60. The summed E-state index contributed by atoms with van der Waals surface area (Å²) >= 11 is 0. The average molecular weight is 275 g/mol. The molecule has 5 nitrogen and oxygen atoms in total. The van der Waals surface area contributed by atoms with E-state index in [9.17, 15) is 4.79 Å². The van der Waals surface area contributed by atoms with Gasteiger partial charge in [-0.05, 0) is 31.0 Å². The van der Waals surface area contributed by atoms with Crippen molar-refractivity contribution in [3.63, 3.8) is 0 Å². The summed E-state index contributed by atoms with van der Waals surface area (Å²) in [4.78, 5) is 12.4. The zero-order valence-corrected chi connectivity index (χ0v) is 12.2. The largest absolute Gasteiger partial charge is 0.393 e. The molecule has 5 heteroatoms. The van der Waals surface area contributed by atoms with Gasteiger partial charge in [0.15, 0.2) is 0 Å². The predicted molar refractivity (Wildman–Crippen MR) is 80.2 cm³/mol. The molecule has 1 aromatic heterocycles. The van der Waals surface area contributed by atoms with Gasteiger partial charge in [0, 0.05) is 13.7 Å². The molecule has 1 aromatic carbocycles. The quantitative estimate of drug-likeness (QED) is 0.908. The lowest BCUT2D eigenvalue weighted by Gasteiger charge is -2.14. The number of aryl methyl sites for hydroxylation is 1. The molecule has 20 heavy (non-hydrogen) atoms. The minimum absolute atomic E-state index is 0.184. The van der Waals surface area contributed by atoms with Gasteiger partial charge in [0.05, 0.1) is 18.0 Å². The molecule has 0 bridgehead atoms. The maximum absolute atomic E-state index is 12.4. The second-order valence-corrected chi connectivity index (χ2v) is 4.87. The van der Waals surface area contributed by atoms with E-state index >= 15 is 0 Å². The highest BCUT2D eigenvalue weighted by Gasteiger charge is 2.18. The van der Waals surface area contributed by atoms with Gasteiger partial charge in [-0.15, -0.1) is 0 Å². The molecule has 0 aliphatic heterocycles. The summed E-state index contributed by atoms with van der Waals surface area (Å²) in [5.41, 5.74) is 8.71. The second-order valence-electron chi connectivity index (χ2n) is 4.87. The third-order valence-corrected chi connectivity index (χ3v) is 3.25. The molecule has 1 heterocycles. The van der Waals surface area contributed by atoms with Crippen LogP contribution in [-0.4, -0.2) is 16.5 Å². The van der Waals surface area contributed by atoms with Crippen LogP contribution in [-0.2, 0) is 17.9 Å². The number of anilines is 1. The van der Waals surface area contributed by atoms with Crippen molar-refractivity contribution in [3.8, 4) is 5.69 Å². The Morgan fingerprint density at radius 2 is 2.10 bits per heavy atom. The molecule has 0 radical (unpaired) electrons. The predicted octanol–water partition coefficient (Wildman–Crippen LogP) is 2.09. The van der Waals surface area contributed by atoms with Crippen LogP contribution >= 0.6 is 0 Å². The molecule has 2 N–H and O–H groups in total. The number of methoxy groups -OCH3 is 1.